The topological polar surface area (TPSA) is 48.2 Å². The first-order valence-electron chi connectivity index (χ1n) is 4.25. The van der Waals surface area contributed by atoms with E-state index in [0.717, 1.165) is 0 Å². The van der Waals surface area contributed by atoms with Gasteiger partial charge >= 0.3 is 0 Å². The number of thioether (sulfide) groups is 1. The quantitative estimate of drug-likeness (QED) is 0.266. The van der Waals surface area contributed by atoms with E-state index in [1.165, 1.54) is 30.0 Å². The van der Waals surface area contributed by atoms with E-state index in [1.807, 2.05) is 0 Å². The molecule has 0 radical (unpaired) electrons. The predicted octanol–water partition coefficient (Wildman–Crippen LogP) is 2.23. The van der Waals surface area contributed by atoms with Crippen LogP contribution in [0.4, 0.5) is 10.1 Å². The van der Waals surface area contributed by atoms with Crippen molar-refractivity contribution in [1.82, 2.24) is 5.32 Å². The molecule has 1 N–H and O–H groups in total. The van der Waals surface area contributed by atoms with E-state index in [0.29, 0.717) is 16.4 Å². The number of benzene rings is 1. The van der Waals surface area contributed by atoms with Crippen molar-refractivity contribution in [3.05, 3.63) is 29.6 Å². The first kappa shape index (κ1) is 12.1. The predicted molar refractivity (Wildman–Crippen MR) is 63.7 cm³/mol. The van der Waals surface area contributed by atoms with Crippen molar-refractivity contribution < 1.29 is 4.39 Å². The minimum absolute atomic E-state index is 0.353. The Morgan fingerprint density at radius 1 is 1.62 bits per heavy atom. The van der Waals surface area contributed by atoms with Crippen LogP contribution in [0.2, 0.25) is 0 Å². The molecule has 0 aromatic heterocycles. The third-order valence-electron chi connectivity index (χ3n) is 1.69. The lowest BCUT2D eigenvalue weighted by Gasteiger charge is -2.02. The molecule has 0 aliphatic carbocycles. The lowest BCUT2D eigenvalue weighted by molar-refractivity contribution is 0.627. The van der Waals surface area contributed by atoms with Crippen molar-refractivity contribution in [3.8, 4) is 18.5 Å². The maximum Gasteiger partial charge on any atom is 0.183 e. The molecule has 80 valence electrons. The van der Waals surface area contributed by atoms with Gasteiger partial charge in [0.2, 0.25) is 0 Å². The summed E-state index contributed by atoms with van der Waals surface area (Å²) >= 11 is 1.27. The molecule has 0 fully saturated rings. The lowest BCUT2D eigenvalue weighted by atomic mass is 10.2. The van der Waals surface area contributed by atoms with Crippen molar-refractivity contribution in [3.63, 3.8) is 0 Å². The first-order chi connectivity index (χ1) is 7.71. The molecule has 0 bridgehead atoms. The lowest BCUT2D eigenvalue weighted by Crippen LogP contribution is -2.12. The highest BCUT2D eigenvalue weighted by molar-refractivity contribution is 8.13. The van der Waals surface area contributed by atoms with Gasteiger partial charge in [-0.25, -0.2) is 9.38 Å². The van der Waals surface area contributed by atoms with Crippen LogP contribution >= 0.6 is 11.8 Å². The Hall–Kier alpha value is -1.98. The number of terminal acetylenes is 1. The van der Waals surface area contributed by atoms with Gasteiger partial charge in [0.15, 0.2) is 11.4 Å². The van der Waals surface area contributed by atoms with Gasteiger partial charge in [0.05, 0.1) is 11.3 Å². The molecular weight excluding hydrogens is 225 g/mol. The average molecular weight is 233 g/mol. The molecule has 0 atom stereocenters. The van der Waals surface area contributed by atoms with Gasteiger partial charge < -0.3 is 0 Å². The van der Waals surface area contributed by atoms with Crippen molar-refractivity contribution in [2.45, 2.75) is 0 Å². The van der Waals surface area contributed by atoms with Crippen LogP contribution in [-0.2, 0) is 0 Å². The summed E-state index contributed by atoms with van der Waals surface area (Å²) in [6.07, 6.45) is 8.76. The number of nitrogens with one attached hydrogen (secondary N) is 1. The molecule has 0 amide bonds. The van der Waals surface area contributed by atoms with Gasteiger partial charge in [-0.2, -0.15) is 5.26 Å². The number of aliphatic imine (C=N–C) groups is 1. The highest BCUT2D eigenvalue weighted by atomic mass is 32.2. The summed E-state index contributed by atoms with van der Waals surface area (Å²) in [4.78, 5) is 4.12. The summed E-state index contributed by atoms with van der Waals surface area (Å²) in [7, 11) is 0. The number of hydrogen-bond acceptors (Lipinski definition) is 3. The Morgan fingerprint density at radius 2 is 2.38 bits per heavy atom. The molecule has 16 heavy (non-hydrogen) atoms. The van der Waals surface area contributed by atoms with E-state index in [-0.39, 0.29) is 0 Å². The van der Waals surface area contributed by atoms with Gasteiger partial charge in [-0.15, -0.1) is 6.42 Å². The number of nitrogens with zero attached hydrogens (tertiary/aromatic N) is 2. The minimum Gasteiger partial charge on any atom is -0.271 e. The van der Waals surface area contributed by atoms with Crippen molar-refractivity contribution >= 4 is 22.6 Å². The average Bonchev–Trinajstić information content (AvgIpc) is 2.30. The molecule has 0 heterocycles. The molecule has 0 spiro atoms. The SMILES string of the molecule is C#Cc1cc(F)ccc1N=C(NC#N)SC. The van der Waals surface area contributed by atoms with Crippen LogP contribution in [0.1, 0.15) is 5.56 Å². The molecule has 1 aromatic rings. The Labute approximate surface area is 97.4 Å². The molecule has 0 aliphatic heterocycles. The van der Waals surface area contributed by atoms with Crippen LogP contribution in [0.25, 0.3) is 0 Å². The van der Waals surface area contributed by atoms with E-state index in [1.54, 1.807) is 12.4 Å². The Kier molecular flexibility index (Phi) is 4.38. The van der Waals surface area contributed by atoms with Crippen molar-refractivity contribution in [2.24, 2.45) is 4.99 Å². The summed E-state index contributed by atoms with van der Waals surface area (Å²) in [6.45, 7) is 0. The number of hydrogen-bond donors (Lipinski definition) is 1. The van der Waals surface area contributed by atoms with E-state index >= 15 is 0 Å². The van der Waals surface area contributed by atoms with E-state index in [4.69, 9.17) is 11.7 Å². The molecule has 3 nitrogen and oxygen atoms in total. The minimum atomic E-state index is -0.411. The van der Waals surface area contributed by atoms with Crippen LogP contribution < -0.4 is 5.32 Å². The number of halogens is 1. The maximum absolute atomic E-state index is 12.9. The number of amidine groups is 1. The zero-order valence-electron chi connectivity index (χ0n) is 8.49. The summed E-state index contributed by atoms with van der Waals surface area (Å²) in [5, 5.41) is 11.3. The summed E-state index contributed by atoms with van der Waals surface area (Å²) in [5.41, 5.74) is 0.808. The fraction of sp³-hybridized carbons (Fsp3) is 0.0909. The molecule has 0 saturated carbocycles. The molecule has 1 aromatic carbocycles. The van der Waals surface area contributed by atoms with Gasteiger partial charge in [-0.3, -0.25) is 5.32 Å². The van der Waals surface area contributed by atoms with E-state index in [9.17, 15) is 4.39 Å². The fourth-order valence-electron chi connectivity index (χ4n) is 1.00. The molecule has 0 saturated heterocycles. The molecule has 5 heteroatoms. The largest absolute Gasteiger partial charge is 0.271 e. The third kappa shape index (κ3) is 3.01. The normalized spacial score (nSPS) is 10.4. The molecule has 0 aliphatic rings. The van der Waals surface area contributed by atoms with Gasteiger partial charge in [0.25, 0.3) is 0 Å². The summed E-state index contributed by atoms with van der Waals surface area (Å²) < 4.78 is 12.9. The van der Waals surface area contributed by atoms with Crippen LogP contribution in [0, 0.1) is 29.6 Å². The highest BCUT2D eigenvalue weighted by Crippen LogP contribution is 2.20. The monoisotopic (exact) mass is 233 g/mol. The van der Waals surface area contributed by atoms with Gasteiger partial charge in [-0.1, -0.05) is 17.7 Å². The van der Waals surface area contributed by atoms with Crippen molar-refractivity contribution in [2.75, 3.05) is 6.26 Å². The zero-order chi connectivity index (χ0) is 12.0. The van der Waals surface area contributed by atoms with Crippen LogP contribution in [0.15, 0.2) is 23.2 Å². The highest BCUT2D eigenvalue weighted by Gasteiger charge is 2.02. The van der Waals surface area contributed by atoms with Crippen LogP contribution in [0.5, 0.6) is 0 Å². The smallest absolute Gasteiger partial charge is 0.183 e. The van der Waals surface area contributed by atoms with Crippen LogP contribution in [-0.4, -0.2) is 11.4 Å². The van der Waals surface area contributed by atoms with E-state index < -0.39 is 5.82 Å². The summed E-state index contributed by atoms with van der Waals surface area (Å²) in [6, 6.07) is 3.97. The third-order valence-corrected chi connectivity index (χ3v) is 2.27. The second-order valence-electron chi connectivity index (χ2n) is 2.66. The second-order valence-corrected chi connectivity index (χ2v) is 3.46. The van der Waals surface area contributed by atoms with Gasteiger partial charge in [-0.05, 0) is 24.5 Å². The van der Waals surface area contributed by atoms with Crippen molar-refractivity contribution in [1.29, 1.82) is 5.26 Å². The maximum atomic E-state index is 12.9. The fourth-order valence-corrected chi connectivity index (χ4v) is 1.34. The number of nitriles is 1. The number of rotatable bonds is 1. The Balaban J connectivity index is 3.15. The van der Waals surface area contributed by atoms with E-state index in [2.05, 4.69) is 16.2 Å². The zero-order valence-corrected chi connectivity index (χ0v) is 9.31. The molecule has 0 unspecified atom stereocenters. The summed E-state index contributed by atoms with van der Waals surface area (Å²) in [5.74, 6) is 1.93. The molecular formula is C11H8FN3S. The Morgan fingerprint density at radius 3 is 2.94 bits per heavy atom. The van der Waals surface area contributed by atoms with Gasteiger partial charge in [0, 0.05) is 0 Å². The van der Waals surface area contributed by atoms with Crippen LogP contribution in [0.3, 0.4) is 0 Å². The standard InChI is InChI=1S/C11H8FN3S/c1-3-8-6-9(12)4-5-10(8)15-11(16-2)14-7-13/h1,4-6H,2H3,(H,14,15). The molecule has 1 rings (SSSR count). The van der Waals surface area contributed by atoms with Gasteiger partial charge in [0.1, 0.15) is 5.82 Å². The Bertz CT molecular complexity index is 497. The first-order valence-corrected chi connectivity index (χ1v) is 5.47. The second kappa shape index (κ2) is 5.79.